The van der Waals surface area contributed by atoms with Gasteiger partial charge in [-0.05, 0) is 36.8 Å². The molecule has 1 N–H and O–H groups in total. The third kappa shape index (κ3) is 3.08. The summed E-state index contributed by atoms with van der Waals surface area (Å²) < 4.78 is 4.10. The van der Waals surface area contributed by atoms with E-state index >= 15 is 0 Å². The molecule has 0 bridgehead atoms. The molecule has 0 unspecified atom stereocenters. The quantitative estimate of drug-likeness (QED) is 0.649. The van der Waals surface area contributed by atoms with Crippen LogP contribution in [0.15, 0.2) is 42.5 Å². The lowest BCUT2D eigenvalue weighted by Crippen LogP contribution is -2.33. The molecule has 126 valence electrons. The summed E-state index contributed by atoms with van der Waals surface area (Å²) in [5, 5.41) is 4.84. The van der Waals surface area contributed by atoms with Crippen molar-refractivity contribution in [3.63, 3.8) is 0 Å². The second kappa shape index (κ2) is 5.94. The zero-order valence-corrected chi connectivity index (χ0v) is 14.8. The van der Waals surface area contributed by atoms with E-state index in [1.165, 1.54) is 6.92 Å². The van der Waals surface area contributed by atoms with Gasteiger partial charge in [0.1, 0.15) is 9.75 Å². The van der Waals surface area contributed by atoms with Crippen LogP contribution in [0.4, 0.5) is 5.69 Å². The Hall–Kier alpha value is -1.78. The fraction of sp³-hybridized carbons (Fsp3) is 0.333. The van der Waals surface area contributed by atoms with Gasteiger partial charge in [0.25, 0.3) is 5.91 Å². The van der Waals surface area contributed by atoms with E-state index in [4.69, 9.17) is 27.9 Å². The molecule has 4 nitrogen and oxygen atoms in total. The van der Waals surface area contributed by atoms with Crippen LogP contribution in [0.25, 0.3) is 10.8 Å². The Kier molecular flexibility index (Phi) is 4.22. The Morgan fingerprint density at radius 3 is 2.42 bits per heavy atom. The number of ether oxygens (including phenoxy) is 1. The van der Waals surface area contributed by atoms with Gasteiger partial charge in [0, 0.05) is 12.1 Å². The summed E-state index contributed by atoms with van der Waals surface area (Å²) in [4.78, 5) is 24.4. The Morgan fingerprint density at radius 2 is 1.79 bits per heavy atom. The number of carbonyl (C=O) groups is 2. The van der Waals surface area contributed by atoms with Gasteiger partial charge in [-0.2, -0.15) is 0 Å². The van der Waals surface area contributed by atoms with Gasteiger partial charge in [0.2, 0.25) is 0 Å². The molecule has 2 aromatic rings. The van der Waals surface area contributed by atoms with Gasteiger partial charge in [-0.15, -0.1) is 23.2 Å². The molecule has 0 saturated heterocycles. The van der Waals surface area contributed by atoms with E-state index in [-0.39, 0.29) is 0 Å². The molecule has 0 aromatic heterocycles. The van der Waals surface area contributed by atoms with Crippen molar-refractivity contribution in [2.24, 2.45) is 5.41 Å². The molecule has 2 atom stereocenters. The molecule has 6 heteroatoms. The lowest BCUT2D eigenvalue weighted by molar-refractivity contribution is -0.158. The molecule has 1 aliphatic rings. The summed E-state index contributed by atoms with van der Waals surface area (Å²) in [7, 11) is 0. The predicted octanol–water partition coefficient (Wildman–Crippen LogP) is 4.29. The Labute approximate surface area is 150 Å². The number of amides is 1. The van der Waals surface area contributed by atoms with Gasteiger partial charge < -0.3 is 10.1 Å². The first-order valence-electron chi connectivity index (χ1n) is 7.61. The van der Waals surface area contributed by atoms with Crippen LogP contribution in [-0.4, -0.2) is 22.3 Å². The van der Waals surface area contributed by atoms with Crippen molar-refractivity contribution in [3.05, 3.63) is 42.5 Å². The van der Waals surface area contributed by atoms with E-state index in [9.17, 15) is 9.59 Å². The SMILES string of the molecule is C[C@@H](OC(=O)[C@]1(C)CC1(Cl)Cl)C(=O)Nc1ccc2ccccc2c1. The van der Waals surface area contributed by atoms with Crippen molar-refractivity contribution in [3.8, 4) is 0 Å². The van der Waals surface area contributed by atoms with Crippen molar-refractivity contribution in [2.75, 3.05) is 5.32 Å². The highest BCUT2D eigenvalue weighted by atomic mass is 35.5. The highest BCUT2D eigenvalue weighted by Crippen LogP contribution is 2.64. The summed E-state index contributed by atoms with van der Waals surface area (Å²) in [5.41, 5.74) is -0.309. The number of benzene rings is 2. The molecule has 1 fully saturated rings. The number of nitrogens with one attached hydrogen (secondary N) is 1. The first-order chi connectivity index (χ1) is 11.2. The van der Waals surface area contributed by atoms with E-state index in [0.29, 0.717) is 12.1 Å². The molecule has 24 heavy (non-hydrogen) atoms. The van der Waals surface area contributed by atoms with Crippen LogP contribution in [-0.2, 0) is 14.3 Å². The van der Waals surface area contributed by atoms with Gasteiger partial charge in [0.15, 0.2) is 6.10 Å². The van der Waals surface area contributed by atoms with Gasteiger partial charge >= 0.3 is 5.97 Å². The number of alkyl halides is 2. The summed E-state index contributed by atoms with van der Waals surface area (Å²) in [5.74, 6) is -0.966. The predicted molar refractivity (Wildman–Crippen MR) is 95.3 cm³/mol. The molecule has 3 rings (SSSR count). The maximum atomic E-state index is 12.2. The Bertz CT molecular complexity index is 821. The molecule has 0 spiro atoms. The summed E-state index contributed by atoms with van der Waals surface area (Å²) in [6.45, 7) is 3.15. The third-order valence-corrected chi connectivity index (χ3v) is 5.48. The maximum Gasteiger partial charge on any atom is 0.315 e. The topological polar surface area (TPSA) is 55.4 Å². The van der Waals surface area contributed by atoms with Gasteiger partial charge in [-0.1, -0.05) is 30.3 Å². The van der Waals surface area contributed by atoms with E-state index in [1.54, 1.807) is 13.0 Å². The number of carbonyl (C=O) groups excluding carboxylic acids is 2. The first kappa shape index (κ1) is 17.1. The highest BCUT2D eigenvalue weighted by Gasteiger charge is 2.69. The third-order valence-electron chi connectivity index (χ3n) is 4.38. The van der Waals surface area contributed by atoms with Crippen LogP contribution >= 0.6 is 23.2 Å². The smallest absolute Gasteiger partial charge is 0.315 e. The fourth-order valence-electron chi connectivity index (χ4n) is 2.48. The Morgan fingerprint density at radius 1 is 1.17 bits per heavy atom. The minimum Gasteiger partial charge on any atom is -0.452 e. The number of halogens is 2. The van der Waals surface area contributed by atoms with E-state index < -0.39 is 27.7 Å². The fourth-order valence-corrected chi connectivity index (χ4v) is 3.17. The second-order valence-corrected chi connectivity index (χ2v) is 7.80. The van der Waals surface area contributed by atoms with E-state index in [2.05, 4.69) is 5.32 Å². The van der Waals surface area contributed by atoms with Crippen LogP contribution in [0, 0.1) is 5.41 Å². The molecular formula is C18H17Cl2NO3. The number of hydrogen-bond donors (Lipinski definition) is 1. The number of hydrogen-bond acceptors (Lipinski definition) is 3. The molecule has 0 heterocycles. The molecule has 0 aliphatic heterocycles. The van der Waals surface area contributed by atoms with E-state index in [1.807, 2.05) is 36.4 Å². The van der Waals surface area contributed by atoms with Crippen LogP contribution < -0.4 is 5.32 Å². The lowest BCUT2D eigenvalue weighted by atomic mass is 10.1. The maximum absolute atomic E-state index is 12.2. The first-order valence-corrected chi connectivity index (χ1v) is 8.37. The molecule has 0 radical (unpaired) electrons. The molecule has 2 aromatic carbocycles. The summed E-state index contributed by atoms with van der Waals surface area (Å²) in [6, 6.07) is 13.4. The average molecular weight is 366 g/mol. The minimum atomic E-state index is -1.11. The van der Waals surface area contributed by atoms with Crippen LogP contribution in [0.5, 0.6) is 0 Å². The lowest BCUT2D eigenvalue weighted by Gasteiger charge is -2.17. The molecule has 1 aliphatic carbocycles. The molecule has 1 saturated carbocycles. The number of esters is 1. The van der Waals surface area contributed by atoms with Crippen LogP contribution in [0.3, 0.4) is 0 Å². The monoisotopic (exact) mass is 365 g/mol. The zero-order valence-electron chi connectivity index (χ0n) is 13.3. The molecular weight excluding hydrogens is 349 g/mol. The average Bonchev–Trinajstić information content (AvgIpc) is 3.06. The van der Waals surface area contributed by atoms with Gasteiger partial charge in [-0.25, -0.2) is 0 Å². The van der Waals surface area contributed by atoms with Crippen molar-refractivity contribution in [2.45, 2.75) is 30.7 Å². The second-order valence-electron chi connectivity index (χ2n) is 6.31. The number of rotatable bonds is 4. The normalized spacial score (nSPS) is 22.7. The van der Waals surface area contributed by atoms with Crippen LogP contribution in [0.1, 0.15) is 20.3 Å². The highest BCUT2D eigenvalue weighted by molar-refractivity contribution is 6.53. The van der Waals surface area contributed by atoms with Gasteiger partial charge in [0.05, 0.1) is 0 Å². The summed E-state index contributed by atoms with van der Waals surface area (Å²) in [6.07, 6.45) is -0.619. The largest absolute Gasteiger partial charge is 0.452 e. The minimum absolute atomic E-state index is 0.320. The van der Waals surface area contributed by atoms with Gasteiger partial charge in [-0.3, -0.25) is 9.59 Å². The van der Waals surface area contributed by atoms with Crippen molar-refractivity contribution in [1.82, 2.24) is 0 Å². The standard InChI is InChI=1S/C18H17Cl2NO3/c1-11(24-16(23)17(2)10-18(17,19)20)15(22)21-14-8-7-12-5-3-4-6-13(12)9-14/h3-9,11H,10H2,1-2H3,(H,21,22)/t11-,17+/m1/s1. The zero-order chi connectivity index (χ0) is 17.5. The molecule has 1 amide bonds. The Balaban J connectivity index is 1.64. The summed E-state index contributed by atoms with van der Waals surface area (Å²) >= 11 is 11.9. The van der Waals surface area contributed by atoms with Crippen molar-refractivity contribution < 1.29 is 14.3 Å². The number of fused-ring (bicyclic) bond motifs is 1. The van der Waals surface area contributed by atoms with Crippen LogP contribution in [0.2, 0.25) is 0 Å². The van der Waals surface area contributed by atoms with Crippen molar-refractivity contribution in [1.29, 1.82) is 0 Å². The van der Waals surface area contributed by atoms with E-state index in [0.717, 1.165) is 10.8 Å². The van der Waals surface area contributed by atoms with Crippen molar-refractivity contribution >= 4 is 51.5 Å². The number of anilines is 1.